The molecule has 12 rings (SSSR count). The van der Waals surface area contributed by atoms with Gasteiger partial charge in [-0.1, -0.05) is 151 Å². The molecule has 0 unspecified atom stereocenters. The van der Waals surface area contributed by atoms with Gasteiger partial charge in [0.1, 0.15) is 0 Å². The van der Waals surface area contributed by atoms with Crippen LogP contribution >= 0.6 is 11.3 Å². The van der Waals surface area contributed by atoms with Gasteiger partial charge in [0.25, 0.3) is 0 Å². The SMILES string of the molecule is Cc1cc(C)c(-c2c3c(c(-c4c(C)cc(C)cc4C)c4ccccc24)-c2ccc(-c4cc5ccccc5c5c4sc4ccc(-c6ccccc6)cc45)c4cccc-3c24)c(C)c1. The molecule has 10 aromatic carbocycles. The summed E-state index contributed by atoms with van der Waals surface area (Å²) < 4.78 is 2.67. The van der Waals surface area contributed by atoms with Gasteiger partial charge < -0.3 is 0 Å². The van der Waals surface area contributed by atoms with Gasteiger partial charge in [-0.3, -0.25) is 0 Å². The largest absolute Gasteiger partial charge is 0.135 e. The zero-order chi connectivity index (χ0) is 41.3. The summed E-state index contributed by atoms with van der Waals surface area (Å²) in [6.45, 7) is 13.7. The first kappa shape index (κ1) is 36.1. The second-order valence-electron chi connectivity index (χ2n) is 17.5. The average molecular weight is 797 g/mol. The smallest absolute Gasteiger partial charge is 0.0440 e. The third-order valence-corrected chi connectivity index (χ3v) is 14.7. The molecule has 0 radical (unpaired) electrons. The van der Waals surface area contributed by atoms with Crippen molar-refractivity contribution >= 4 is 63.8 Å². The number of thiophene rings is 1. The third-order valence-electron chi connectivity index (χ3n) is 13.5. The second kappa shape index (κ2) is 13.4. The van der Waals surface area contributed by atoms with E-state index in [2.05, 4.69) is 199 Å². The van der Waals surface area contributed by atoms with Crippen LogP contribution in [0.5, 0.6) is 0 Å². The van der Waals surface area contributed by atoms with E-state index in [0.717, 1.165) is 0 Å². The standard InChI is InChI=1S/C60H44S/c1-33-27-35(3)52(36(4)28-33)56-45-19-12-13-20-46(45)57(53-37(5)29-34(2)30-38(53)6)59-48-25-24-43(44-21-14-22-47(54(44)48)58(56)59)49-32-41-17-10-11-18-42(41)55-50-31-40(39-15-8-7-9-16-39)23-26-51(50)61-60(49)55/h7-32H,1-6H3. The quantitative estimate of drug-likeness (QED) is 0.166. The van der Waals surface area contributed by atoms with Gasteiger partial charge in [0.05, 0.1) is 0 Å². The highest BCUT2D eigenvalue weighted by Crippen LogP contribution is 2.60. The Morgan fingerprint density at radius 3 is 1.49 bits per heavy atom. The zero-order valence-electron chi connectivity index (χ0n) is 35.4. The molecule has 0 spiro atoms. The molecule has 1 heterocycles. The van der Waals surface area contributed by atoms with Crippen molar-refractivity contribution in [2.45, 2.75) is 41.5 Å². The molecular weight excluding hydrogens is 753 g/mol. The molecule has 0 saturated carbocycles. The molecule has 0 aliphatic heterocycles. The number of benzene rings is 10. The lowest BCUT2D eigenvalue weighted by Crippen LogP contribution is -1.99. The molecule has 1 aromatic heterocycles. The van der Waals surface area contributed by atoms with E-state index >= 15 is 0 Å². The Morgan fingerprint density at radius 1 is 0.311 bits per heavy atom. The molecule has 0 saturated heterocycles. The van der Waals surface area contributed by atoms with E-state index in [-0.39, 0.29) is 0 Å². The number of rotatable bonds is 4. The Balaban J connectivity index is 1.21. The van der Waals surface area contributed by atoms with E-state index < -0.39 is 0 Å². The summed E-state index contributed by atoms with van der Waals surface area (Å²) >= 11 is 1.93. The zero-order valence-corrected chi connectivity index (χ0v) is 36.2. The molecule has 0 amide bonds. The van der Waals surface area contributed by atoms with Crippen molar-refractivity contribution in [1.82, 2.24) is 0 Å². The van der Waals surface area contributed by atoms with Crippen LogP contribution in [0.3, 0.4) is 0 Å². The Kier molecular flexibility index (Phi) is 7.90. The van der Waals surface area contributed by atoms with Crippen LogP contribution in [0.1, 0.15) is 33.4 Å². The highest BCUT2D eigenvalue weighted by atomic mass is 32.1. The van der Waals surface area contributed by atoms with Crippen LogP contribution in [0.4, 0.5) is 0 Å². The van der Waals surface area contributed by atoms with Crippen LogP contribution in [0.2, 0.25) is 0 Å². The summed E-state index contributed by atoms with van der Waals surface area (Å²) in [5.41, 5.74) is 23.8. The highest BCUT2D eigenvalue weighted by Gasteiger charge is 2.33. The molecule has 1 aliphatic carbocycles. The minimum Gasteiger partial charge on any atom is -0.135 e. The fourth-order valence-corrected chi connectivity index (χ4v) is 12.6. The summed E-state index contributed by atoms with van der Waals surface area (Å²) in [4.78, 5) is 0. The summed E-state index contributed by atoms with van der Waals surface area (Å²) in [7, 11) is 0. The molecule has 0 N–H and O–H groups in total. The van der Waals surface area contributed by atoms with Gasteiger partial charge in [-0.05, 0) is 176 Å². The fourth-order valence-electron chi connectivity index (χ4n) is 11.3. The molecule has 1 heteroatoms. The maximum Gasteiger partial charge on any atom is 0.0440 e. The Morgan fingerprint density at radius 2 is 0.852 bits per heavy atom. The van der Waals surface area contributed by atoms with Crippen LogP contribution in [-0.2, 0) is 0 Å². The number of aryl methyl sites for hydroxylation is 6. The monoisotopic (exact) mass is 796 g/mol. The summed E-state index contributed by atoms with van der Waals surface area (Å²) in [5.74, 6) is 0. The van der Waals surface area contributed by atoms with E-state index in [9.17, 15) is 0 Å². The Labute approximate surface area is 361 Å². The van der Waals surface area contributed by atoms with Crippen LogP contribution < -0.4 is 0 Å². The fraction of sp³-hybridized carbons (Fsp3) is 0.100. The van der Waals surface area contributed by atoms with Crippen molar-refractivity contribution in [1.29, 1.82) is 0 Å². The normalized spacial score (nSPS) is 12.1. The lowest BCUT2D eigenvalue weighted by Gasteiger charge is -2.24. The van der Waals surface area contributed by atoms with Crippen molar-refractivity contribution in [2.75, 3.05) is 0 Å². The Bertz CT molecular complexity index is 3530. The lowest BCUT2D eigenvalue weighted by molar-refractivity contribution is 1.32. The molecule has 61 heavy (non-hydrogen) atoms. The first-order chi connectivity index (χ1) is 29.7. The van der Waals surface area contributed by atoms with Gasteiger partial charge in [-0.2, -0.15) is 0 Å². The van der Waals surface area contributed by atoms with Gasteiger partial charge in [0.15, 0.2) is 0 Å². The van der Waals surface area contributed by atoms with Crippen molar-refractivity contribution in [3.63, 3.8) is 0 Å². The van der Waals surface area contributed by atoms with Crippen LogP contribution in [-0.4, -0.2) is 0 Å². The molecule has 290 valence electrons. The topological polar surface area (TPSA) is 0 Å². The van der Waals surface area contributed by atoms with Crippen molar-refractivity contribution in [3.8, 4) is 66.8 Å². The van der Waals surface area contributed by atoms with Gasteiger partial charge >= 0.3 is 0 Å². The maximum atomic E-state index is 2.46. The predicted octanol–water partition coefficient (Wildman–Crippen LogP) is 17.7. The highest BCUT2D eigenvalue weighted by molar-refractivity contribution is 7.26. The average Bonchev–Trinajstić information content (AvgIpc) is 3.81. The van der Waals surface area contributed by atoms with Crippen molar-refractivity contribution in [2.24, 2.45) is 0 Å². The molecule has 0 nitrogen and oxygen atoms in total. The van der Waals surface area contributed by atoms with Crippen molar-refractivity contribution < 1.29 is 0 Å². The summed E-state index contributed by atoms with van der Waals surface area (Å²) in [6.07, 6.45) is 0. The minimum atomic E-state index is 1.25. The summed E-state index contributed by atoms with van der Waals surface area (Å²) in [5, 5.41) is 10.5. The van der Waals surface area contributed by atoms with Crippen LogP contribution in [0.25, 0.3) is 119 Å². The first-order valence-electron chi connectivity index (χ1n) is 21.5. The van der Waals surface area contributed by atoms with Crippen LogP contribution in [0, 0.1) is 41.5 Å². The number of hydrogen-bond donors (Lipinski definition) is 0. The third kappa shape index (κ3) is 5.24. The van der Waals surface area contributed by atoms with E-state index in [1.807, 2.05) is 11.3 Å². The number of hydrogen-bond acceptors (Lipinski definition) is 1. The van der Waals surface area contributed by atoms with Gasteiger partial charge in [0, 0.05) is 25.7 Å². The molecule has 0 fully saturated rings. The van der Waals surface area contributed by atoms with Gasteiger partial charge in [-0.25, -0.2) is 0 Å². The molecule has 0 bridgehead atoms. The van der Waals surface area contributed by atoms with Crippen LogP contribution in [0.15, 0.2) is 158 Å². The minimum absolute atomic E-state index is 1.25. The molecule has 11 aromatic rings. The van der Waals surface area contributed by atoms with E-state index in [1.54, 1.807) is 0 Å². The van der Waals surface area contributed by atoms with Crippen molar-refractivity contribution in [3.05, 3.63) is 191 Å². The summed E-state index contributed by atoms with van der Waals surface area (Å²) in [6, 6.07) is 59.9. The Hall–Kier alpha value is -6.80. The second-order valence-corrected chi connectivity index (χ2v) is 18.6. The van der Waals surface area contributed by atoms with Gasteiger partial charge in [-0.15, -0.1) is 11.3 Å². The van der Waals surface area contributed by atoms with E-state index in [1.165, 1.54) is 153 Å². The van der Waals surface area contributed by atoms with Gasteiger partial charge in [0.2, 0.25) is 0 Å². The first-order valence-corrected chi connectivity index (χ1v) is 22.3. The number of fused-ring (bicyclic) bond motifs is 9. The lowest BCUT2D eigenvalue weighted by atomic mass is 9.79. The molecule has 1 aliphatic rings. The predicted molar refractivity (Wildman–Crippen MR) is 266 cm³/mol. The van der Waals surface area contributed by atoms with E-state index in [4.69, 9.17) is 0 Å². The maximum absolute atomic E-state index is 2.46. The molecular formula is C60H44S. The van der Waals surface area contributed by atoms with E-state index in [0.29, 0.717) is 0 Å². The molecule has 0 atom stereocenters.